The number of hydrogen-bond acceptors (Lipinski definition) is 6. The third-order valence-electron chi connectivity index (χ3n) is 4.46. The predicted octanol–water partition coefficient (Wildman–Crippen LogP) is 6.48. The summed E-state index contributed by atoms with van der Waals surface area (Å²) in [6.45, 7) is 3.82. The van der Waals surface area contributed by atoms with Crippen molar-refractivity contribution in [3.8, 4) is 5.75 Å². The number of aliphatic imine (C=N–C) groups is 1. The van der Waals surface area contributed by atoms with Crippen molar-refractivity contribution < 1.29 is 24.2 Å². The lowest BCUT2D eigenvalue weighted by Gasteiger charge is -2.09. The maximum Gasteiger partial charge on any atom is 0.344 e. The van der Waals surface area contributed by atoms with Gasteiger partial charge in [-0.25, -0.2) is 9.79 Å². The van der Waals surface area contributed by atoms with Crippen LogP contribution in [0.4, 0.5) is 0 Å². The summed E-state index contributed by atoms with van der Waals surface area (Å²) in [6.07, 6.45) is 1.83. The molecule has 33 heavy (non-hydrogen) atoms. The van der Waals surface area contributed by atoms with Crippen molar-refractivity contribution in [3.63, 3.8) is 0 Å². The summed E-state index contributed by atoms with van der Waals surface area (Å²) in [7, 11) is 0. The number of thioether (sulfide) groups is 1. The van der Waals surface area contributed by atoms with E-state index in [2.05, 4.69) is 20.9 Å². The van der Waals surface area contributed by atoms with Crippen molar-refractivity contribution in [2.75, 3.05) is 6.61 Å². The number of hydrogen-bond donors (Lipinski definition) is 1. The van der Waals surface area contributed by atoms with E-state index in [0.29, 0.717) is 27.8 Å². The number of esters is 1. The Kier molecular flexibility index (Phi) is 8.77. The topological polar surface area (TPSA) is 85.2 Å². The summed E-state index contributed by atoms with van der Waals surface area (Å²) in [5, 5.41) is 11.2. The maximum absolute atomic E-state index is 12.3. The molecule has 0 aromatic heterocycles. The molecule has 0 bridgehead atoms. The summed E-state index contributed by atoms with van der Waals surface area (Å²) < 4.78 is 11.8. The van der Waals surface area contributed by atoms with Gasteiger partial charge in [0, 0.05) is 10.9 Å². The van der Waals surface area contributed by atoms with Crippen LogP contribution in [-0.4, -0.2) is 28.6 Å². The molecule has 3 rings (SSSR count). The molecule has 2 aromatic carbocycles. The number of rotatable bonds is 7. The van der Waals surface area contributed by atoms with E-state index in [1.165, 1.54) is 0 Å². The van der Waals surface area contributed by atoms with Crippen LogP contribution in [0, 0.1) is 0 Å². The fourth-order valence-electron chi connectivity index (χ4n) is 2.80. The van der Waals surface area contributed by atoms with Gasteiger partial charge in [-0.15, -0.1) is 0 Å². The SMILES string of the molecule is CCOC(=O)C1=C(O)/C(=C/c2ccc(OCc3ccc(Br)cc3)c(Cl)c2)SC1=NC(=O)CC. The normalized spacial score (nSPS) is 15.9. The van der Waals surface area contributed by atoms with Gasteiger partial charge < -0.3 is 14.6 Å². The van der Waals surface area contributed by atoms with E-state index in [9.17, 15) is 14.7 Å². The van der Waals surface area contributed by atoms with Gasteiger partial charge >= 0.3 is 5.97 Å². The number of carbonyl (C=O) groups excluding carboxylic acids is 2. The van der Waals surface area contributed by atoms with Crippen LogP contribution < -0.4 is 4.74 Å². The first-order valence-electron chi connectivity index (χ1n) is 10.1. The van der Waals surface area contributed by atoms with Crippen molar-refractivity contribution in [1.29, 1.82) is 0 Å². The highest BCUT2D eigenvalue weighted by atomic mass is 79.9. The molecule has 1 aliphatic rings. The third kappa shape index (κ3) is 6.50. The Balaban J connectivity index is 1.83. The summed E-state index contributed by atoms with van der Waals surface area (Å²) in [4.78, 5) is 28.5. The molecule has 1 amide bonds. The van der Waals surface area contributed by atoms with Gasteiger partial charge in [0.2, 0.25) is 5.91 Å². The molecule has 0 saturated carbocycles. The van der Waals surface area contributed by atoms with Crippen LogP contribution in [0.25, 0.3) is 6.08 Å². The Morgan fingerprint density at radius 3 is 2.55 bits per heavy atom. The molecule has 0 unspecified atom stereocenters. The van der Waals surface area contributed by atoms with E-state index in [-0.39, 0.29) is 29.4 Å². The van der Waals surface area contributed by atoms with Gasteiger partial charge in [0.05, 0.1) is 16.5 Å². The molecule has 1 heterocycles. The molecular formula is C24H21BrClNO5S. The molecule has 172 valence electrons. The molecule has 0 saturated heterocycles. The Labute approximate surface area is 209 Å². The van der Waals surface area contributed by atoms with E-state index in [1.54, 1.807) is 38.1 Å². The fourth-order valence-corrected chi connectivity index (χ4v) is 4.34. The quantitative estimate of drug-likeness (QED) is 0.397. The van der Waals surface area contributed by atoms with Crippen molar-refractivity contribution in [3.05, 3.63) is 79.3 Å². The van der Waals surface area contributed by atoms with Crippen molar-refractivity contribution in [1.82, 2.24) is 0 Å². The Morgan fingerprint density at radius 1 is 1.18 bits per heavy atom. The summed E-state index contributed by atoms with van der Waals surface area (Å²) >= 11 is 10.8. The Morgan fingerprint density at radius 2 is 1.91 bits per heavy atom. The number of amides is 1. The van der Waals surface area contributed by atoms with Crippen molar-refractivity contribution in [2.24, 2.45) is 4.99 Å². The van der Waals surface area contributed by atoms with E-state index < -0.39 is 11.9 Å². The average Bonchev–Trinajstić information content (AvgIpc) is 3.08. The second-order valence-electron chi connectivity index (χ2n) is 6.82. The van der Waals surface area contributed by atoms with Gasteiger partial charge in [-0.05, 0) is 48.4 Å². The van der Waals surface area contributed by atoms with Crippen LogP contribution in [-0.2, 0) is 20.9 Å². The zero-order valence-corrected chi connectivity index (χ0v) is 21.1. The van der Waals surface area contributed by atoms with Crippen molar-refractivity contribution >= 4 is 62.3 Å². The number of aliphatic hydroxyl groups is 1. The number of halogens is 2. The fraction of sp³-hybridized carbons (Fsp3) is 0.208. The van der Waals surface area contributed by atoms with Gasteiger partial charge in [-0.3, -0.25) is 4.79 Å². The number of carbonyl (C=O) groups is 2. The lowest BCUT2D eigenvalue weighted by molar-refractivity contribution is -0.138. The third-order valence-corrected chi connectivity index (χ3v) is 6.30. The highest BCUT2D eigenvalue weighted by Gasteiger charge is 2.33. The van der Waals surface area contributed by atoms with Gasteiger partial charge in [-0.2, -0.15) is 0 Å². The van der Waals surface area contributed by atoms with Gasteiger partial charge in [-0.1, -0.05) is 64.4 Å². The lowest BCUT2D eigenvalue weighted by Crippen LogP contribution is -2.14. The zero-order chi connectivity index (χ0) is 24.0. The molecule has 1 N–H and O–H groups in total. The van der Waals surface area contributed by atoms with E-state index in [4.69, 9.17) is 21.1 Å². The summed E-state index contributed by atoms with van der Waals surface area (Å²) in [6, 6.07) is 13.0. The van der Waals surface area contributed by atoms with E-state index in [1.807, 2.05) is 24.3 Å². The molecule has 2 aromatic rings. The first kappa shape index (κ1) is 25.1. The molecule has 0 aliphatic carbocycles. The monoisotopic (exact) mass is 549 g/mol. The largest absolute Gasteiger partial charge is 0.506 e. The molecule has 0 atom stereocenters. The molecule has 1 aliphatic heterocycles. The smallest absolute Gasteiger partial charge is 0.344 e. The van der Waals surface area contributed by atoms with Crippen LogP contribution >= 0.6 is 39.3 Å². The molecule has 0 spiro atoms. The van der Waals surface area contributed by atoms with Crippen molar-refractivity contribution in [2.45, 2.75) is 26.9 Å². The number of aliphatic hydroxyl groups excluding tert-OH is 1. The van der Waals surface area contributed by atoms with Gasteiger partial charge in [0.15, 0.2) is 0 Å². The standard InChI is InChI=1S/C24H21BrClNO5S/c1-3-20(28)27-23-21(24(30)31-4-2)22(29)19(33-23)12-15-7-10-18(17(26)11-15)32-13-14-5-8-16(25)9-6-14/h5-12,29H,3-4,13H2,1-2H3/b19-12-,27-23?. The number of ether oxygens (including phenoxy) is 2. The molecule has 0 radical (unpaired) electrons. The van der Waals surface area contributed by atoms with Crippen LogP contribution in [0.3, 0.4) is 0 Å². The minimum absolute atomic E-state index is 0.115. The van der Waals surface area contributed by atoms with E-state index in [0.717, 1.165) is 21.8 Å². The predicted molar refractivity (Wildman–Crippen MR) is 135 cm³/mol. The van der Waals surface area contributed by atoms with Gasteiger partial charge in [0.1, 0.15) is 28.7 Å². The lowest BCUT2D eigenvalue weighted by atomic mass is 10.1. The summed E-state index contributed by atoms with van der Waals surface area (Å²) in [5.41, 5.74) is 1.56. The highest BCUT2D eigenvalue weighted by molar-refractivity contribution is 9.10. The molecule has 0 fully saturated rings. The second kappa shape index (κ2) is 11.5. The van der Waals surface area contributed by atoms with Crippen LogP contribution in [0.2, 0.25) is 5.02 Å². The van der Waals surface area contributed by atoms with E-state index >= 15 is 0 Å². The van der Waals surface area contributed by atoms with Crippen LogP contribution in [0.5, 0.6) is 5.75 Å². The molecular weight excluding hydrogens is 530 g/mol. The zero-order valence-electron chi connectivity index (χ0n) is 17.9. The summed E-state index contributed by atoms with van der Waals surface area (Å²) in [5.74, 6) is -0.900. The number of nitrogens with zero attached hydrogens (tertiary/aromatic N) is 1. The highest BCUT2D eigenvalue weighted by Crippen LogP contribution is 2.40. The Hall–Kier alpha value is -2.55. The second-order valence-corrected chi connectivity index (χ2v) is 9.18. The minimum Gasteiger partial charge on any atom is -0.506 e. The maximum atomic E-state index is 12.3. The first-order chi connectivity index (χ1) is 15.8. The van der Waals surface area contributed by atoms with Gasteiger partial charge in [0.25, 0.3) is 0 Å². The van der Waals surface area contributed by atoms with Crippen LogP contribution in [0.15, 0.2) is 68.2 Å². The van der Waals surface area contributed by atoms with Crippen LogP contribution in [0.1, 0.15) is 31.4 Å². The molecule has 6 nitrogen and oxygen atoms in total. The molecule has 9 heteroatoms. The first-order valence-corrected chi connectivity index (χ1v) is 12.1. The Bertz CT molecular complexity index is 1160. The average molecular weight is 551 g/mol. The number of benzene rings is 2. The minimum atomic E-state index is -0.733.